The second-order valence-electron chi connectivity index (χ2n) is 5.74. The maximum atomic E-state index is 12.1. The Balaban J connectivity index is 1.50. The Kier molecular flexibility index (Phi) is 6.17. The van der Waals surface area contributed by atoms with Gasteiger partial charge in [0.15, 0.2) is 5.13 Å². The summed E-state index contributed by atoms with van der Waals surface area (Å²) in [6.45, 7) is 0. The largest absolute Gasteiger partial charge is 0.497 e. The molecule has 27 heavy (non-hydrogen) atoms. The van der Waals surface area contributed by atoms with Crippen molar-refractivity contribution in [2.45, 2.75) is 12.8 Å². The number of nitrogens with one attached hydrogen (secondary N) is 2. The number of nitrogens with zero attached hydrogens (tertiary/aromatic N) is 1. The van der Waals surface area contributed by atoms with Crippen molar-refractivity contribution >= 4 is 34.0 Å². The van der Waals surface area contributed by atoms with Crippen molar-refractivity contribution in [3.63, 3.8) is 0 Å². The predicted octanol–water partition coefficient (Wildman–Crippen LogP) is 3.98. The molecular formula is C20H19N3O3S. The second-order valence-corrected chi connectivity index (χ2v) is 6.60. The van der Waals surface area contributed by atoms with Crippen LogP contribution in [0.2, 0.25) is 0 Å². The van der Waals surface area contributed by atoms with Crippen molar-refractivity contribution in [2.75, 3.05) is 17.7 Å². The number of anilines is 2. The van der Waals surface area contributed by atoms with E-state index in [4.69, 9.17) is 4.74 Å². The van der Waals surface area contributed by atoms with Crippen LogP contribution in [0.4, 0.5) is 10.8 Å². The number of aromatic nitrogens is 1. The van der Waals surface area contributed by atoms with Crippen LogP contribution >= 0.6 is 11.3 Å². The molecule has 0 atom stereocenters. The average molecular weight is 381 g/mol. The van der Waals surface area contributed by atoms with Crippen LogP contribution in [0.1, 0.15) is 22.5 Å². The zero-order valence-electron chi connectivity index (χ0n) is 14.8. The highest BCUT2D eigenvalue weighted by Gasteiger charge is 2.10. The Labute approximate surface area is 161 Å². The number of hydrogen-bond acceptors (Lipinski definition) is 5. The minimum Gasteiger partial charge on any atom is -0.497 e. The monoisotopic (exact) mass is 381 g/mol. The van der Waals surface area contributed by atoms with Gasteiger partial charge in [0.1, 0.15) is 5.75 Å². The SMILES string of the molecule is COc1cccc(NC(=O)CCc2csc(NC(=O)c3ccccc3)n2)c1. The first kappa shape index (κ1) is 18.6. The molecule has 138 valence electrons. The topological polar surface area (TPSA) is 80.3 Å². The Morgan fingerprint density at radius 2 is 1.89 bits per heavy atom. The average Bonchev–Trinajstić information content (AvgIpc) is 3.14. The highest BCUT2D eigenvalue weighted by molar-refractivity contribution is 7.14. The molecule has 2 aromatic carbocycles. The molecule has 3 rings (SSSR count). The van der Waals surface area contributed by atoms with Crippen LogP contribution in [0.3, 0.4) is 0 Å². The molecule has 0 saturated heterocycles. The minimum atomic E-state index is -0.202. The van der Waals surface area contributed by atoms with E-state index in [9.17, 15) is 9.59 Å². The molecule has 0 radical (unpaired) electrons. The number of benzene rings is 2. The highest BCUT2D eigenvalue weighted by atomic mass is 32.1. The second kappa shape index (κ2) is 8.95. The zero-order chi connectivity index (χ0) is 19.1. The molecule has 0 unspecified atom stereocenters. The van der Waals surface area contributed by atoms with E-state index in [1.807, 2.05) is 35.7 Å². The molecule has 2 N–H and O–H groups in total. The molecule has 7 heteroatoms. The van der Waals surface area contributed by atoms with Gasteiger partial charge < -0.3 is 10.1 Å². The number of thiazole rings is 1. The van der Waals surface area contributed by atoms with Gasteiger partial charge in [0.05, 0.1) is 12.8 Å². The third kappa shape index (κ3) is 5.39. The number of hydrogen-bond donors (Lipinski definition) is 2. The molecule has 0 saturated carbocycles. The molecule has 0 spiro atoms. The van der Waals surface area contributed by atoms with E-state index in [1.54, 1.807) is 31.4 Å². The van der Waals surface area contributed by atoms with Crippen molar-refractivity contribution in [1.29, 1.82) is 0 Å². The molecule has 2 amide bonds. The predicted molar refractivity (Wildman–Crippen MR) is 106 cm³/mol. The third-order valence-electron chi connectivity index (χ3n) is 3.77. The molecule has 6 nitrogen and oxygen atoms in total. The number of carbonyl (C=O) groups excluding carboxylic acids is 2. The van der Waals surface area contributed by atoms with Crippen molar-refractivity contribution in [1.82, 2.24) is 4.98 Å². The molecule has 1 heterocycles. The summed E-state index contributed by atoms with van der Waals surface area (Å²) in [5.41, 5.74) is 2.03. The van der Waals surface area contributed by atoms with Gasteiger partial charge in [-0.1, -0.05) is 24.3 Å². The number of aryl methyl sites for hydroxylation is 1. The summed E-state index contributed by atoms with van der Waals surface area (Å²) in [5.74, 6) is 0.379. The van der Waals surface area contributed by atoms with E-state index in [1.165, 1.54) is 11.3 Å². The Morgan fingerprint density at radius 3 is 2.67 bits per heavy atom. The molecule has 0 aliphatic carbocycles. The van der Waals surface area contributed by atoms with Crippen molar-refractivity contribution in [2.24, 2.45) is 0 Å². The van der Waals surface area contributed by atoms with Gasteiger partial charge in [0, 0.05) is 29.1 Å². The van der Waals surface area contributed by atoms with Crippen LogP contribution in [-0.2, 0) is 11.2 Å². The van der Waals surface area contributed by atoms with Gasteiger partial charge in [-0.3, -0.25) is 14.9 Å². The van der Waals surface area contributed by atoms with Gasteiger partial charge in [-0.05, 0) is 30.7 Å². The van der Waals surface area contributed by atoms with E-state index in [0.29, 0.717) is 35.0 Å². The van der Waals surface area contributed by atoms with Crippen LogP contribution in [0.25, 0.3) is 0 Å². The molecule has 0 bridgehead atoms. The first-order valence-corrected chi connectivity index (χ1v) is 9.27. The third-order valence-corrected chi connectivity index (χ3v) is 4.58. The number of methoxy groups -OCH3 is 1. The lowest BCUT2D eigenvalue weighted by atomic mass is 10.2. The molecule has 0 aliphatic rings. The van der Waals surface area contributed by atoms with Gasteiger partial charge in [0.2, 0.25) is 5.91 Å². The van der Waals surface area contributed by atoms with Crippen molar-refractivity contribution in [3.05, 3.63) is 71.2 Å². The van der Waals surface area contributed by atoms with E-state index >= 15 is 0 Å². The number of rotatable bonds is 7. The lowest BCUT2D eigenvalue weighted by molar-refractivity contribution is -0.116. The van der Waals surface area contributed by atoms with Crippen molar-refractivity contribution in [3.8, 4) is 5.75 Å². The fraction of sp³-hybridized carbons (Fsp3) is 0.150. The first-order valence-electron chi connectivity index (χ1n) is 8.39. The van der Waals surface area contributed by atoms with Crippen LogP contribution < -0.4 is 15.4 Å². The number of ether oxygens (including phenoxy) is 1. The molecule has 0 aliphatic heterocycles. The Bertz CT molecular complexity index is 925. The smallest absolute Gasteiger partial charge is 0.257 e. The van der Waals surface area contributed by atoms with Crippen LogP contribution in [0.5, 0.6) is 5.75 Å². The zero-order valence-corrected chi connectivity index (χ0v) is 15.6. The van der Waals surface area contributed by atoms with Gasteiger partial charge in [0.25, 0.3) is 5.91 Å². The van der Waals surface area contributed by atoms with Gasteiger partial charge in [-0.25, -0.2) is 4.98 Å². The number of amides is 2. The lowest BCUT2D eigenvalue weighted by Gasteiger charge is -2.06. The van der Waals surface area contributed by atoms with Crippen LogP contribution in [-0.4, -0.2) is 23.9 Å². The Hall–Kier alpha value is -3.19. The summed E-state index contributed by atoms with van der Waals surface area (Å²) in [6.07, 6.45) is 0.792. The normalized spacial score (nSPS) is 10.3. The van der Waals surface area contributed by atoms with Gasteiger partial charge in [-0.15, -0.1) is 11.3 Å². The quantitative estimate of drug-likeness (QED) is 0.649. The van der Waals surface area contributed by atoms with Crippen LogP contribution in [0, 0.1) is 0 Å². The maximum absolute atomic E-state index is 12.1. The van der Waals surface area contributed by atoms with Crippen LogP contribution in [0.15, 0.2) is 60.0 Å². The standard InChI is InChI=1S/C20H19N3O3S/c1-26-17-9-5-8-15(12-17)21-18(24)11-10-16-13-27-20(22-16)23-19(25)14-6-3-2-4-7-14/h2-9,12-13H,10-11H2,1H3,(H,21,24)(H,22,23,25). The van der Waals surface area contributed by atoms with E-state index in [-0.39, 0.29) is 11.8 Å². The lowest BCUT2D eigenvalue weighted by Crippen LogP contribution is -2.13. The van der Waals surface area contributed by atoms with Gasteiger partial charge >= 0.3 is 0 Å². The fourth-order valence-electron chi connectivity index (χ4n) is 2.40. The minimum absolute atomic E-state index is 0.105. The Morgan fingerprint density at radius 1 is 1.07 bits per heavy atom. The first-order chi connectivity index (χ1) is 13.1. The summed E-state index contributed by atoms with van der Waals surface area (Å²) >= 11 is 1.34. The maximum Gasteiger partial charge on any atom is 0.257 e. The summed E-state index contributed by atoms with van der Waals surface area (Å²) in [4.78, 5) is 28.6. The molecule has 1 aromatic heterocycles. The van der Waals surface area contributed by atoms with E-state index in [2.05, 4.69) is 15.6 Å². The summed E-state index contributed by atoms with van der Waals surface area (Å²) in [5, 5.41) is 7.97. The van der Waals surface area contributed by atoms with Gasteiger partial charge in [-0.2, -0.15) is 0 Å². The summed E-state index contributed by atoms with van der Waals surface area (Å²) in [6, 6.07) is 16.2. The highest BCUT2D eigenvalue weighted by Crippen LogP contribution is 2.19. The molecule has 0 fully saturated rings. The van der Waals surface area contributed by atoms with Crippen molar-refractivity contribution < 1.29 is 14.3 Å². The summed E-state index contributed by atoms with van der Waals surface area (Å²) in [7, 11) is 1.58. The fourth-order valence-corrected chi connectivity index (χ4v) is 3.14. The number of carbonyl (C=O) groups is 2. The molecular weight excluding hydrogens is 362 g/mol. The summed E-state index contributed by atoms with van der Waals surface area (Å²) < 4.78 is 5.14. The van der Waals surface area contributed by atoms with E-state index in [0.717, 1.165) is 5.69 Å². The van der Waals surface area contributed by atoms with E-state index < -0.39 is 0 Å². The molecule has 3 aromatic rings.